The van der Waals surface area contributed by atoms with E-state index in [-0.39, 0.29) is 12.4 Å². The number of hydrogen-bond acceptors (Lipinski definition) is 2. The van der Waals surface area contributed by atoms with Crippen LogP contribution in [0, 0.1) is 11.7 Å². The topological polar surface area (TPSA) is 29.3 Å². The van der Waals surface area contributed by atoms with E-state index in [2.05, 4.69) is 4.90 Å². The van der Waals surface area contributed by atoms with Gasteiger partial charge in [-0.1, -0.05) is 18.9 Å². The highest BCUT2D eigenvalue weighted by molar-refractivity contribution is 5.53. The molecule has 0 spiro atoms. The van der Waals surface area contributed by atoms with Crippen LogP contribution in [0.3, 0.4) is 0 Å². The first-order valence-corrected chi connectivity index (χ1v) is 6.41. The fraction of sp³-hybridized carbons (Fsp3) is 0.571. The minimum absolute atomic E-state index is 0.191. The van der Waals surface area contributed by atoms with Crippen molar-refractivity contribution in [1.82, 2.24) is 0 Å². The summed E-state index contributed by atoms with van der Waals surface area (Å²) in [6.07, 6.45) is 5.28. The van der Waals surface area contributed by atoms with E-state index in [1.54, 1.807) is 6.07 Å². The van der Waals surface area contributed by atoms with Gasteiger partial charge in [-0.3, -0.25) is 0 Å². The average molecular weight is 236 g/mol. The predicted octanol–water partition coefficient (Wildman–Crippen LogP) is 2.91. The third kappa shape index (κ3) is 2.78. The minimum Gasteiger partial charge on any atom is -0.374 e. The fourth-order valence-corrected chi connectivity index (χ4v) is 2.79. The molecule has 0 amide bonds. The van der Waals surface area contributed by atoms with Gasteiger partial charge in [0.15, 0.2) is 0 Å². The summed E-state index contributed by atoms with van der Waals surface area (Å²) >= 11 is 0. The van der Waals surface area contributed by atoms with Crippen molar-refractivity contribution in [2.45, 2.75) is 32.2 Å². The fourth-order valence-electron chi connectivity index (χ4n) is 2.79. The molecule has 0 bridgehead atoms. The number of halogens is 1. The lowest BCUT2D eigenvalue weighted by molar-refractivity contribution is 0.544. The standard InChI is InChI=1S/C14H21FN2/c1-17(10-11-5-2-3-6-11)14-8-4-7-13(15)12(14)9-16/h4,7-8,11H,2-3,5-6,9-10,16H2,1H3. The predicted molar refractivity (Wildman–Crippen MR) is 69.5 cm³/mol. The number of nitrogens with two attached hydrogens (primary N) is 1. The smallest absolute Gasteiger partial charge is 0.129 e. The number of nitrogens with zero attached hydrogens (tertiary/aromatic N) is 1. The lowest BCUT2D eigenvalue weighted by Crippen LogP contribution is -2.25. The van der Waals surface area contributed by atoms with Crippen LogP contribution in [-0.2, 0) is 6.54 Å². The number of hydrogen-bond donors (Lipinski definition) is 1. The van der Waals surface area contributed by atoms with Crippen molar-refractivity contribution in [3.63, 3.8) is 0 Å². The van der Waals surface area contributed by atoms with Crippen molar-refractivity contribution in [3.05, 3.63) is 29.6 Å². The zero-order valence-electron chi connectivity index (χ0n) is 10.5. The Morgan fingerprint density at radius 3 is 2.71 bits per heavy atom. The van der Waals surface area contributed by atoms with Gasteiger partial charge in [0.2, 0.25) is 0 Å². The monoisotopic (exact) mass is 236 g/mol. The average Bonchev–Trinajstić information content (AvgIpc) is 2.81. The molecule has 2 rings (SSSR count). The Morgan fingerprint density at radius 2 is 2.06 bits per heavy atom. The first-order valence-electron chi connectivity index (χ1n) is 6.41. The third-order valence-corrected chi connectivity index (χ3v) is 3.72. The number of benzene rings is 1. The van der Waals surface area contributed by atoms with E-state index in [1.165, 1.54) is 31.7 Å². The van der Waals surface area contributed by atoms with Crippen LogP contribution >= 0.6 is 0 Å². The summed E-state index contributed by atoms with van der Waals surface area (Å²) in [6, 6.07) is 5.20. The molecule has 1 aromatic rings. The van der Waals surface area contributed by atoms with Crippen LogP contribution in [-0.4, -0.2) is 13.6 Å². The normalized spacial score (nSPS) is 16.4. The highest BCUT2D eigenvalue weighted by Gasteiger charge is 2.18. The summed E-state index contributed by atoms with van der Waals surface area (Å²) in [6.45, 7) is 1.27. The maximum absolute atomic E-state index is 13.6. The molecule has 2 N–H and O–H groups in total. The first-order chi connectivity index (χ1) is 8.22. The van der Waals surface area contributed by atoms with Gasteiger partial charge in [-0.15, -0.1) is 0 Å². The molecule has 17 heavy (non-hydrogen) atoms. The summed E-state index contributed by atoms with van der Waals surface area (Å²) in [4.78, 5) is 2.15. The van der Waals surface area contributed by atoms with Gasteiger partial charge in [0, 0.05) is 31.4 Å². The summed E-state index contributed by atoms with van der Waals surface area (Å²) in [5.74, 6) is 0.567. The maximum Gasteiger partial charge on any atom is 0.129 e. The molecule has 94 valence electrons. The van der Waals surface area contributed by atoms with E-state index in [0.717, 1.165) is 18.2 Å². The van der Waals surface area contributed by atoms with Crippen LogP contribution in [0.4, 0.5) is 10.1 Å². The van der Waals surface area contributed by atoms with Gasteiger partial charge in [-0.05, 0) is 30.9 Å². The van der Waals surface area contributed by atoms with Gasteiger partial charge in [0.25, 0.3) is 0 Å². The summed E-state index contributed by atoms with van der Waals surface area (Å²) in [5, 5.41) is 0. The molecule has 1 aromatic carbocycles. The van der Waals surface area contributed by atoms with E-state index in [4.69, 9.17) is 5.73 Å². The first kappa shape index (κ1) is 12.4. The zero-order chi connectivity index (χ0) is 12.3. The van der Waals surface area contributed by atoms with E-state index in [9.17, 15) is 4.39 Å². The molecule has 1 saturated carbocycles. The second-order valence-corrected chi connectivity index (χ2v) is 4.97. The Labute approximate surface area is 103 Å². The molecule has 0 aliphatic heterocycles. The zero-order valence-corrected chi connectivity index (χ0v) is 10.5. The molecule has 1 aliphatic rings. The van der Waals surface area contributed by atoms with Crippen LogP contribution in [0.15, 0.2) is 18.2 Å². The lowest BCUT2D eigenvalue weighted by atomic mass is 10.1. The molecule has 3 heteroatoms. The maximum atomic E-state index is 13.6. The van der Waals surface area contributed by atoms with Crippen molar-refractivity contribution in [1.29, 1.82) is 0 Å². The van der Waals surface area contributed by atoms with Crippen molar-refractivity contribution >= 4 is 5.69 Å². The highest BCUT2D eigenvalue weighted by Crippen LogP contribution is 2.28. The van der Waals surface area contributed by atoms with Gasteiger partial charge >= 0.3 is 0 Å². The molecule has 0 radical (unpaired) electrons. The van der Waals surface area contributed by atoms with Gasteiger partial charge < -0.3 is 10.6 Å². The van der Waals surface area contributed by atoms with Gasteiger partial charge in [-0.2, -0.15) is 0 Å². The molecule has 0 atom stereocenters. The Hall–Kier alpha value is -1.09. The van der Waals surface area contributed by atoms with Gasteiger partial charge in [0.1, 0.15) is 5.82 Å². The number of anilines is 1. The molecule has 0 heterocycles. The summed E-state index contributed by atoms with van der Waals surface area (Å²) < 4.78 is 13.6. The highest BCUT2D eigenvalue weighted by atomic mass is 19.1. The van der Waals surface area contributed by atoms with Crippen molar-refractivity contribution in [2.75, 3.05) is 18.5 Å². The minimum atomic E-state index is -0.191. The second kappa shape index (κ2) is 5.50. The van der Waals surface area contributed by atoms with E-state index in [0.29, 0.717) is 5.56 Å². The Kier molecular flexibility index (Phi) is 4.00. The van der Waals surface area contributed by atoms with Crippen LogP contribution in [0.5, 0.6) is 0 Å². The van der Waals surface area contributed by atoms with Crippen LogP contribution in [0.25, 0.3) is 0 Å². The largest absolute Gasteiger partial charge is 0.374 e. The van der Waals surface area contributed by atoms with E-state index >= 15 is 0 Å². The molecule has 2 nitrogen and oxygen atoms in total. The van der Waals surface area contributed by atoms with Crippen molar-refractivity contribution in [3.8, 4) is 0 Å². The molecule has 1 aliphatic carbocycles. The van der Waals surface area contributed by atoms with Crippen LogP contribution < -0.4 is 10.6 Å². The Bertz CT molecular complexity index is 372. The van der Waals surface area contributed by atoms with E-state index in [1.807, 2.05) is 13.1 Å². The van der Waals surface area contributed by atoms with Crippen LogP contribution in [0.1, 0.15) is 31.2 Å². The van der Waals surface area contributed by atoms with Gasteiger partial charge in [0.05, 0.1) is 0 Å². The molecular weight excluding hydrogens is 215 g/mol. The molecular formula is C14H21FN2. The number of rotatable bonds is 4. The van der Waals surface area contributed by atoms with E-state index < -0.39 is 0 Å². The lowest BCUT2D eigenvalue weighted by Gasteiger charge is -2.25. The molecule has 0 aromatic heterocycles. The van der Waals surface area contributed by atoms with Crippen LogP contribution in [0.2, 0.25) is 0 Å². The molecule has 1 fully saturated rings. The third-order valence-electron chi connectivity index (χ3n) is 3.72. The second-order valence-electron chi connectivity index (χ2n) is 4.97. The van der Waals surface area contributed by atoms with Crippen molar-refractivity contribution in [2.24, 2.45) is 11.7 Å². The Morgan fingerprint density at radius 1 is 1.35 bits per heavy atom. The molecule has 0 unspecified atom stereocenters. The Balaban J connectivity index is 2.12. The summed E-state index contributed by atoms with van der Waals surface area (Å²) in [7, 11) is 2.03. The quantitative estimate of drug-likeness (QED) is 0.871. The van der Waals surface area contributed by atoms with Gasteiger partial charge in [-0.25, -0.2) is 4.39 Å². The SMILES string of the molecule is CN(CC1CCCC1)c1cccc(F)c1CN. The molecule has 0 saturated heterocycles. The summed E-state index contributed by atoms with van der Waals surface area (Å²) in [5.41, 5.74) is 7.21. The van der Waals surface area contributed by atoms with Crippen molar-refractivity contribution < 1.29 is 4.39 Å².